The first kappa shape index (κ1) is 16.8. The zero-order valence-corrected chi connectivity index (χ0v) is 14.3. The molecule has 2 aliphatic rings. The van der Waals surface area contributed by atoms with Crippen molar-refractivity contribution in [2.24, 2.45) is 0 Å². The number of carbonyl (C=O) groups excluding carboxylic acids is 2. The number of carbonyl (C=O) groups is 2. The molecule has 6 heteroatoms. The highest BCUT2D eigenvalue weighted by Crippen LogP contribution is 2.30. The molecule has 0 saturated carbocycles. The second kappa shape index (κ2) is 6.81. The Morgan fingerprint density at radius 1 is 1.21 bits per heavy atom. The molecule has 6 nitrogen and oxygen atoms in total. The molecule has 130 valence electrons. The fraction of sp³-hybridized carbons (Fsp3) is 0.556. The summed E-state index contributed by atoms with van der Waals surface area (Å²) in [5.74, 6) is 0.637. The fourth-order valence-corrected chi connectivity index (χ4v) is 3.47. The molecule has 2 heterocycles. The van der Waals surface area contributed by atoms with E-state index in [4.69, 9.17) is 9.47 Å². The third-order valence-corrected chi connectivity index (χ3v) is 4.87. The van der Waals surface area contributed by atoms with Gasteiger partial charge >= 0.3 is 0 Å². The van der Waals surface area contributed by atoms with Crippen LogP contribution in [-0.4, -0.2) is 67.6 Å². The summed E-state index contributed by atoms with van der Waals surface area (Å²) in [6.07, 6.45) is 2.57. The molecule has 0 N–H and O–H groups in total. The van der Waals surface area contributed by atoms with Crippen LogP contribution in [0.15, 0.2) is 24.3 Å². The standard InChI is InChI=1S/C18H24N2O4/c1-19-10-4-3-9-18(17(19)22)13-20(11-12-24-18)16(21)14-5-7-15(23-2)8-6-14/h5-8H,3-4,9-13H2,1-2H3. The third kappa shape index (κ3) is 3.11. The van der Waals surface area contributed by atoms with Crippen molar-refractivity contribution in [2.75, 3.05) is 40.4 Å². The minimum absolute atomic E-state index is 0.00719. The van der Waals surface area contributed by atoms with Crippen LogP contribution in [0, 0.1) is 0 Å². The lowest BCUT2D eigenvalue weighted by molar-refractivity contribution is -0.166. The fourth-order valence-electron chi connectivity index (χ4n) is 3.47. The number of ether oxygens (including phenoxy) is 2. The lowest BCUT2D eigenvalue weighted by Gasteiger charge is -2.42. The molecule has 0 bridgehead atoms. The summed E-state index contributed by atoms with van der Waals surface area (Å²) in [5.41, 5.74) is -0.284. The molecule has 1 aromatic carbocycles. The molecule has 3 rings (SSSR count). The van der Waals surface area contributed by atoms with Crippen LogP contribution in [0.5, 0.6) is 5.75 Å². The number of hydrogen-bond acceptors (Lipinski definition) is 4. The maximum atomic E-state index is 12.8. The van der Waals surface area contributed by atoms with E-state index in [-0.39, 0.29) is 11.8 Å². The highest BCUT2D eigenvalue weighted by molar-refractivity contribution is 5.95. The van der Waals surface area contributed by atoms with Crippen LogP contribution in [0.4, 0.5) is 0 Å². The number of methoxy groups -OCH3 is 1. The topological polar surface area (TPSA) is 59.1 Å². The number of benzene rings is 1. The zero-order valence-electron chi connectivity index (χ0n) is 14.3. The molecule has 0 aromatic heterocycles. The van der Waals surface area contributed by atoms with Crippen molar-refractivity contribution in [3.05, 3.63) is 29.8 Å². The van der Waals surface area contributed by atoms with Gasteiger partial charge in [-0.05, 0) is 43.5 Å². The van der Waals surface area contributed by atoms with Crippen molar-refractivity contribution in [1.29, 1.82) is 0 Å². The van der Waals surface area contributed by atoms with Crippen LogP contribution in [0.1, 0.15) is 29.6 Å². The molecule has 1 atom stereocenters. The number of rotatable bonds is 2. The summed E-state index contributed by atoms with van der Waals surface area (Å²) in [6, 6.07) is 7.05. The zero-order chi connectivity index (χ0) is 17.2. The van der Waals surface area contributed by atoms with E-state index in [1.165, 1.54) is 0 Å². The first-order valence-electron chi connectivity index (χ1n) is 8.39. The van der Waals surface area contributed by atoms with Gasteiger partial charge in [0.15, 0.2) is 5.60 Å². The minimum Gasteiger partial charge on any atom is -0.497 e. The van der Waals surface area contributed by atoms with E-state index in [0.717, 1.165) is 19.4 Å². The second-order valence-corrected chi connectivity index (χ2v) is 6.48. The van der Waals surface area contributed by atoms with Crippen molar-refractivity contribution in [2.45, 2.75) is 24.9 Å². The molecule has 2 amide bonds. The molecule has 1 unspecified atom stereocenters. The Balaban J connectivity index is 1.79. The first-order valence-corrected chi connectivity index (χ1v) is 8.39. The van der Waals surface area contributed by atoms with E-state index >= 15 is 0 Å². The van der Waals surface area contributed by atoms with Gasteiger partial charge in [0.05, 0.1) is 20.3 Å². The monoisotopic (exact) mass is 332 g/mol. The first-order chi connectivity index (χ1) is 11.6. The van der Waals surface area contributed by atoms with Crippen LogP contribution >= 0.6 is 0 Å². The van der Waals surface area contributed by atoms with E-state index in [2.05, 4.69) is 0 Å². The van der Waals surface area contributed by atoms with E-state index in [0.29, 0.717) is 37.4 Å². The predicted molar refractivity (Wildman–Crippen MR) is 89.1 cm³/mol. The number of hydrogen-bond donors (Lipinski definition) is 0. The number of likely N-dealkylation sites (N-methyl/N-ethyl adjacent to an activating group) is 1. The smallest absolute Gasteiger partial charge is 0.256 e. The Hall–Kier alpha value is -2.08. The molecule has 0 radical (unpaired) electrons. The number of morpholine rings is 1. The molecule has 2 aliphatic heterocycles. The summed E-state index contributed by atoms with van der Waals surface area (Å²) in [6.45, 7) is 1.96. The molecular weight excluding hydrogens is 308 g/mol. The summed E-state index contributed by atoms with van der Waals surface area (Å²) in [5, 5.41) is 0. The molecular formula is C18H24N2O4. The van der Waals surface area contributed by atoms with Gasteiger partial charge in [0.25, 0.3) is 11.8 Å². The Morgan fingerprint density at radius 2 is 1.96 bits per heavy atom. The van der Waals surface area contributed by atoms with Crippen molar-refractivity contribution in [3.63, 3.8) is 0 Å². The molecule has 24 heavy (non-hydrogen) atoms. The van der Waals surface area contributed by atoms with Gasteiger partial charge in [-0.25, -0.2) is 0 Å². The van der Waals surface area contributed by atoms with Gasteiger partial charge in [-0.3, -0.25) is 9.59 Å². The molecule has 2 fully saturated rings. The van der Waals surface area contributed by atoms with E-state index in [1.807, 2.05) is 7.05 Å². The lowest BCUT2D eigenvalue weighted by Crippen LogP contribution is -2.60. The highest BCUT2D eigenvalue weighted by atomic mass is 16.5. The minimum atomic E-state index is -0.883. The number of nitrogens with zero attached hydrogens (tertiary/aromatic N) is 2. The number of amides is 2. The van der Waals surface area contributed by atoms with Gasteiger partial charge in [0.2, 0.25) is 0 Å². The van der Waals surface area contributed by atoms with Gasteiger partial charge < -0.3 is 19.3 Å². The molecule has 1 aromatic rings. The predicted octanol–water partition coefficient (Wildman–Crippen LogP) is 1.55. The second-order valence-electron chi connectivity index (χ2n) is 6.48. The molecule has 2 saturated heterocycles. The summed E-state index contributed by atoms with van der Waals surface area (Å²) in [4.78, 5) is 29.0. The average Bonchev–Trinajstić information content (AvgIpc) is 2.75. The van der Waals surface area contributed by atoms with Crippen LogP contribution in [0.3, 0.4) is 0 Å². The van der Waals surface area contributed by atoms with Crippen molar-refractivity contribution < 1.29 is 19.1 Å². The Labute approximate surface area is 142 Å². The van der Waals surface area contributed by atoms with Gasteiger partial charge in [-0.1, -0.05) is 0 Å². The van der Waals surface area contributed by atoms with Crippen molar-refractivity contribution in [3.8, 4) is 5.75 Å². The van der Waals surface area contributed by atoms with Crippen LogP contribution in [0.25, 0.3) is 0 Å². The lowest BCUT2D eigenvalue weighted by atomic mass is 9.94. The molecule has 0 aliphatic carbocycles. The average molecular weight is 332 g/mol. The SMILES string of the molecule is COc1ccc(C(=O)N2CCOC3(CCCCN(C)C3=O)C2)cc1. The summed E-state index contributed by atoms with van der Waals surface area (Å²) in [7, 11) is 3.40. The summed E-state index contributed by atoms with van der Waals surface area (Å²) < 4.78 is 11.0. The van der Waals surface area contributed by atoms with Gasteiger partial charge in [-0.2, -0.15) is 0 Å². The molecule has 1 spiro atoms. The van der Waals surface area contributed by atoms with E-state index < -0.39 is 5.60 Å². The van der Waals surface area contributed by atoms with Crippen LogP contribution in [-0.2, 0) is 9.53 Å². The largest absolute Gasteiger partial charge is 0.497 e. The Morgan fingerprint density at radius 3 is 2.67 bits per heavy atom. The van der Waals surface area contributed by atoms with Crippen molar-refractivity contribution in [1.82, 2.24) is 9.80 Å². The highest BCUT2D eigenvalue weighted by Gasteiger charge is 2.47. The van der Waals surface area contributed by atoms with Gasteiger partial charge in [-0.15, -0.1) is 0 Å². The van der Waals surface area contributed by atoms with Crippen LogP contribution in [0.2, 0.25) is 0 Å². The maximum Gasteiger partial charge on any atom is 0.256 e. The van der Waals surface area contributed by atoms with Crippen LogP contribution < -0.4 is 4.74 Å². The number of likely N-dealkylation sites (tertiary alicyclic amines) is 1. The Bertz CT molecular complexity index is 616. The maximum absolute atomic E-state index is 12.8. The normalized spacial score (nSPS) is 24.8. The van der Waals surface area contributed by atoms with Gasteiger partial charge in [0.1, 0.15) is 5.75 Å². The quantitative estimate of drug-likeness (QED) is 0.824. The third-order valence-electron chi connectivity index (χ3n) is 4.87. The van der Waals surface area contributed by atoms with Gasteiger partial charge in [0, 0.05) is 25.7 Å². The van der Waals surface area contributed by atoms with E-state index in [9.17, 15) is 9.59 Å². The van der Waals surface area contributed by atoms with Crippen molar-refractivity contribution >= 4 is 11.8 Å². The Kier molecular flexibility index (Phi) is 4.76. The summed E-state index contributed by atoms with van der Waals surface area (Å²) >= 11 is 0. The van der Waals surface area contributed by atoms with E-state index in [1.54, 1.807) is 41.2 Å².